The Morgan fingerprint density at radius 2 is 0.586 bits per heavy atom. The quantitative estimate of drug-likeness (QED) is 0.0222. The highest BCUT2D eigenvalue weighted by atomic mass is 31.2. The molecular weight excluding hydrogens is 1150 g/mol. The fourth-order valence-corrected chi connectivity index (χ4v) is 11.7. The number of phosphoric acid groups is 2. The molecule has 0 aromatic carbocycles. The van der Waals surface area contributed by atoms with Crippen molar-refractivity contribution < 1.29 is 80.2 Å². The molecule has 3 N–H and O–H groups in total. The third-order valence-electron chi connectivity index (χ3n) is 16.0. The minimum Gasteiger partial charge on any atom is -0.462 e. The van der Waals surface area contributed by atoms with Crippen molar-refractivity contribution in [1.29, 1.82) is 0 Å². The summed E-state index contributed by atoms with van der Waals surface area (Å²) in [6.45, 7) is 11.8. The van der Waals surface area contributed by atoms with E-state index in [2.05, 4.69) is 48.5 Å². The topological polar surface area (TPSA) is 237 Å². The molecule has 0 rings (SSSR count). The molecule has 0 spiro atoms. The molecule has 87 heavy (non-hydrogen) atoms. The fraction of sp³-hybridized carbons (Fsp3) is 0.941. The summed E-state index contributed by atoms with van der Waals surface area (Å²) in [7, 11) is -9.90. The van der Waals surface area contributed by atoms with E-state index in [1.165, 1.54) is 141 Å². The molecule has 17 nitrogen and oxygen atoms in total. The summed E-state index contributed by atoms with van der Waals surface area (Å²) in [5.41, 5.74) is 0. The van der Waals surface area contributed by atoms with Gasteiger partial charge in [0.25, 0.3) is 0 Å². The van der Waals surface area contributed by atoms with Crippen molar-refractivity contribution in [2.45, 2.75) is 356 Å². The zero-order chi connectivity index (χ0) is 64.5. The Bertz CT molecular complexity index is 1720. The fourth-order valence-electron chi connectivity index (χ4n) is 10.2. The van der Waals surface area contributed by atoms with Gasteiger partial charge < -0.3 is 33.8 Å². The molecule has 0 saturated heterocycles. The third kappa shape index (κ3) is 61.3. The maximum atomic E-state index is 13.0. The number of carbonyl (C=O) groups excluding carboxylic acids is 4. The number of phosphoric ester groups is 2. The van der Waals surface area contributed by atoms with E-state index in [4.69, 9.17) is 37.0 Å². The van der Waals surface area contributed by atoms with Crippen LogP contribution in [0, 0.1) is 17.8 Å². The summed E-state index contributed by atoms with van der Waals surface area (Å²) in [6.07, 6.45) is 41.7. The molecule has 0 fully saturated rings. The van der Waals surface area contributed by atoms with Gasteiger partial charge in [-0.05, 0) is 43.4 Å². The van der Waals surface area contributed by atoms with E-state index in [0.29, 0.717) is 25.7 Å². The van der Waals surface area contributed by atoms with Crippen LogP contribution in [-0.4, -0.2) is 96.7 Å². The lowest BCUT2D eigenvalue weighted by molar-refractivity contribution is -0.161. The van der Waals surface area contributed by atoms with Gasteiger partial charge in [0.05, 0.1) is 26.4 Å². The predicted octanol–water partition coefficient (Wildman–Crippen LogP) is 19.1. The summed E-state index contributed by atoms with van der Waals surface area (Å²) in [6, 6.07) is 0. The average Bonchev–Trinajstić information content (AvgIpc) is 3.52. The number of esters is 4. The van der Waals surface area contributed by atoms with Crippen LogP contribution in [0.15, 0.2) is 0 Å². The van der Waals surface area contributed by atoms with Crippen LogP contribution in [0.4, 0.5) is 0 Å². The zero-order valence-corrected chi connectivity index (χ0v) is 58.3. The molecule has 0 aliphatic heterocycles. The molecule has 0 aliphatic carbocycles. The first-order chi connectivity index (χ1) is 41.8. The second-order valence-corrected chi connectivity index (χ2v) is 28.7. The SMILES string of the molecule is CCCCCCCCCCCCCC(=O)O[C@H](COC(=O)CCCCCCCCC(C)CC)COP(=O)(O)OC[C@H](O)COP(=O)(O)OC[C@@H](COC(=O)CCCCCCCCCCC(C)C)OC(=O)CCCCCCCCCCCCCCC(C)C. The van der Waals surface area contributed by atoms with Crippen LogP contribution in [0.1, 0.15) is 337 Å². The summed E-state index contributed by atoms with van der Waals surface area (Å²) in [4.78, 5) is 72.4. The van der Waals surface area contributed by atoms with E-state index < -0.39 is 97.5 Å². The maximum Gasteiger partial charge on any atom is 0.472 e. The van der Waals surface area contributed by atoms with Gasteiger partial charge in [0.15, 0.2) is 12.2 Å². The number of carbonyl (C=O) groups is 4. The lowest BCUT2D eigenvalue weighted by atomic mass is 10.00. The van der Waals surface area contributed by atoms with Crippen molar-refractivity contribution >= 4 is 39.5 Å². The van der Waals surface area contributed by atoms with Crippen molar-refractivity contribution in [3.63, 3.8) is 0 Å². The first-order valence-electron chi connectivity index (χ1n) is 35.4. The van der Waals surface area contributed by atoms with E-state index in [1.54, 1.807) is 0 Å². The monoisotopic (exact) mass is 1280 g/mol. The molecule has 0 bridgehead atoms. The highest BCUT2D eigenvalue weighted by Crippen LogP contribution is 2.45. The lowest BCUT2D eigenvalue weighted by Crippen LogP contribution is -2.30. The van der Waals surface area contributed by atoms with Crippen molar-refractivity contribution in [3.05, 3.63) is 0 Å². The second kappa shape index (κ2) is 59.1. The molecule has 3 unspecified atom stereocenters. The summed E-state index contributed by atoms with van der Waals surface area (Å²) in [5, 5.41) is 10.6. The Labute approximate surface area is 530 Å². The minimum absolute atomic E-state index is 0.106. The molecule has 0 heterocycles. The van der Waals surface area contributed by atoms with Crippen LogP contribution in [0.25, 0.3) is 0 Å². The zero-order valence-electron chi connectivity index (χ0n) is 56.5. The van der Waals surface area contributed by atoms with Crippen LogP contribution in [0.2, 0.25) is 0 Å². The van der Waals surface area contributed by atoms with Crippen molar-refractivity contribution in [1.82, 2.24) is 0 Å². The van der Waals surface area contributed by atoms with Gasteiger partial charge >= 0.3 is 39.5 Å². The summed E-state index contributed by atoms with van der Waals surface area (Å²) >= 11 is 0. The van der Waals surface area contributed by atoms with E-state index in [9.17, 15) is 43.2 Å². The van der Waals surface area contributed by atoms with Crippen LogP contribution in [0.3, 0.4) is 0 Å². The van der Waals surface area contributed by atoms with E-state index in [0.717, 1.165) is 114 Å². The predicted molar refractivity (Wildman–Crippen MR) is 349 cm³/mol. The first kappa shape index (κ1) is 85.1. The van der Waals surface area contributed by atoms with Gasteiger partial charge in [-0.1, -0.05) is 286 Å². The lowest BCUT2D eigenvalue weighted by Gasteiger charge is -2.21. The minimum atomic E-state index is -4.95. The maximum absolute atomic E-state index is 13.0. The largest absolute Gasteiger partial charge is 0.472 e. The van der Waals surface area contributed by atoms with Gasteiger partial charge in [-0.15, -0.1) is 0 Å². The Kier molecular flexibility index (Phi) is 57.8. The Balaban J connectivity index is 5.25. The highest BCUT2D eigenvalue weighted by molar-refractivity contribution is 7.47. The van der Waals surface area contributed by atoms with Gasteiger partial charge in [-0.25, -0.2) is 9.13 Å². The summed E-state index contributed by atoms with van der Waals surface area (Å²) in [5.74, 6) is 0.104. The van der Waals surface area contributed by atoms with Gasteiger partial charge in [0, 0.05) is 25.7 Å². The van der Waals surface area contributed by atoms with Crippen LogP contribution in [0.5, 0.6) is 0 Å². The average molecular weight is 1280 g/mol. The highest BCUT2D eigenvalue weighted by Gasteiger charge is 2.30. The first-order valence-corrected chi connectivity index (χ1v) is 38.4. The third-order valence-corrected chi connectivity index (χ3v) is 17.9. The van der Waals surface area contributed by atoms with E-state index >= 15 is 0 Å². The number of hydrogen-bond acceptors (Lipinski definition) is 15. The summed E-state index contributed by atoms with van der Waals surface area (Å²) < 4.78 is 68.2. The van der Waals surface area contributed by atoms with E-state index in [1.807, 2.05) is 0 Å². The molecule has 0 aromatic heterocycles. The number of hydrogen-bond donors (Lipinski definition) is 3. The molecule has 0 saturated carbocycles. The number of unbranched alkanes of at least 4 members (excludes halogenated alkanes) is 33. The van der Waals surface area contributed by atoms with Crippen LogP contribution in [-0.2, 0) is 65.4 Å². The number of aliphatic hydroxyl groups is 1. The number of rotatable bonds is 66. The molecule has 6 atom stereocenters. The van der Waals surface area contributed by atoms with Crippen molar-refractivity contribution in [3.8, 4) is 0 Å². The van der Waals surface area contributed by atoms with Crippen molar-refractivity contribution in [2.24, 2.45) is 17.8 Å². The molecule has 0 radical (unpaired) electrons. The Morgan fingerprint density at radius 1 is 0.333 bits per heavy atom. The number of ether oxygens (including phenoxy) is 4. The molecular formula is C68H132O17P2. The molecule has 516 valence electrons. The van der Waals surface area contributed by atoms with Gasteiger partial charge in [0.1, 0.15) is 19.3 Å². The van der Waals surface area contributed by atoms with Gasteiger partial charge in [-0.3, -0.25) is 37.3 Å². The van der Waals surface area contributed by atoms with Crippen LogP contribution >= 0.6 is 15.6 Å². The van der Waals surface area contributed by atoms with Gasteiger partial charge in [-0.2, -0.15) is 0 Å². The molecule has 0 aliphatic rings. The smallest absolute Gasteiger partial charge is 0.462 e. The second-order valence-electron chi connectivity index (χ2n) is 25.8. The normalized spacial score (nSPS) is 14.6. The van der Waals surface area contributed by atoms with Crippen molar-refractivity contribution in [2.75, 3.05) is 39.6 Å². The molecule has 19 heteroatoms. The molecule has 0 amide bonds. The van der Waals surface area contributed by atoms with Gasteiger partial charge in [0.2, 0.25) is 0 Å². The Morgan fingerprint density at radius 3 is 0.874 bits per heavy atom. The van der Waals surface area contributed by atoms with Crippen LogP contribution < -0.4 is 0 Å². The molecule has 0 aromatic rings. The Hall–Kier alpha value is -1.94. The van der Waals surface area contributed by atoms with E-state index in [-0.39, 0.29) is 25.7 Å². The standard InChI is InChI=1S/C68H132O17P2/c1-8-10-11-12-13-14-17-21-28-37-44-51-67(72)85-64(56-79-66(71)50-43-36-31-30-34-41-48-61(7)9-2)58-83-87(76,77)81-54-62(69)53-80-86(74,75)82-57-63(55-78-65(70)49-42-35-27-24-23-26-33-40-47-60(5)6)84-68(73)52-45-38-29-22-19-16-15-18-20-25-32-39-46-59(3)4/h59-64,69H,8-58H2,1-7H3,(H,74,75)(H,76,77)/t61?,62-,63-,64-/m1/s1. The number of aliphatic hydroxyl groups excluding tert-OH is 1.